The largest absolute Gasteiger partial charge is 0.389 e. The molecule has 14 heavy (non-hydrogen) atoms. The fourth-order valence-corrected chi connectivity index (χ4v) is 2.04. The van der Waals surface area contributed by atoms with Gasteiger partial charge in [-0.05, 0) is 6.42 Å². The fourth-order valence-electron chi connectivity index (χ4n) is 0.815. The standard InChI is InChI=1S/C8H14F3NOS/c1-2-6(7(12)13)5-14-4-3-8(9,10)11/h6H,2-5H2,1H3,(H2,12,13). The molecule has 0 fully saturated rings. The molecule has 0 aliphatic carbocycles. The van der Waals surface area contributed by atoms with Crippen molar-refractivity contribution in [2.45, 2.75) is 25.9 Å². The van der Waals surface area contributed by atoms with Crippen molar-refractivity contribution < 1.29 is 18.0 Å². The monoisotopic (exact) mass is 229 g/mol. The maximum Gasteiger partial charge on any atom is 0.389 e. The molecule has 0 aliphatic heterocycles. The summed E-state index contributed by atoms with van der Waals surface area (Å²) in [6.07, 6.45) is -4.34. The van der Waals surface area contributed by atoms with Gasteiger partial charge >= 0.3 is 6.18 Å². The Balaban J connectivity index is 3.58. The lowest BCUT2D eigenvalue weighted by Crippen LogP contribution is -2.24. The Morgan fingerprint density at radius 2 is 2.07 bits per heavy atom. The van der Waals surface area contributed by atoms with Crippen molar-refractivity contribution in [1.29, 1.82) is 0 Å². The molecule has 0 radical (unpaired) electrons. The normalized spacial score (nSPS) is 14.0. The number of amides is 1. The summed E-state index contributed by atoms with van der Waals surface area (Å²) in [6.45, 7) is 1.79. The molecule has 1 amide bonds. The predicted molar refractivity (Wildman–Crippen MR) is 51.0 cm³/mol. The van der Waals surface area contributed by atoms with E-state index in [9.17, 15) is 18.0 Å². The smallest absolute Gasteiger partial charge is 0.369 e. The number of carbonyl (C=O) groups is 1. The van der Waals surface area contributed by atoms with E-state index in [0.29, 0.717) is 12.2 Å². The quantitative estimate of drug-likeness (QED) is 0.709. The number of nitrogens with two attached hydrogens (primary N) is 1. The van der Waals surface area contributed by atoms with Crippen molar-refractivity contribution in [3.8, 4) is 0 Å². The molecule has 0 aromatic rings. The lowest BCUT2D eigenvalue weighted by molar-refractivity contribution is -0.129. The molecule has 0 saturated carbocycles. The van der Waals surface area contributed by atoms with Crippen molar-refractivity contribution in [3.63, 3.8) is 0 Å². The summed E-state index contributed by atoms with van der Waals surface area (Å²) in [6, 6.07) is 0. The molecule has 0 aromatic carbocycles. The van der Waals surface area contributed by atoms with E-state index < -0.39 is 18.5 Å². The summed E-state index contributed by atoms with van der Waals surface area (Å²) in [5.74, 6) is -0.380. The summed E-state index contributed by atoms with van der Waals surface area (Å²) in [4.78, 5) is 10.7. The van der Waals surface area contributed by atoms with E-state index in [4.69, 9.17) is 5.73 Å². The van der Waals surface area contributed by atoms with Crippen LogP contribution in [0.2, 0.25) is 0 Å². The summed E-state index contributed by atoms with van der Waals surface area (Å²) in [7, 11) is 0. The molecule has 0 saturated heterocycles. The summed E-state index contributed by atoms with van der Waals surface area (Å²) >= 11 is 1.12. The van der Waals surface area contributed by atoms with E-state index in [0.717, 1.165) is 11.8 Å². The number of thioether (sulfide) groups is 1. The molecule has 2 nitrogen and oxygen atoms in total. The molecular formula is C8H14F3NOS. The van der Waals surface area contributed by atoms with Crippen LogP contribution in [0.25, 0.3) is 0 Å². The van der Waals surface area contributed by atoms with E-state index in [1.54, 1.807) is 6.92 Å². The summed E-state index contributed by atoms with van der Waals surface area (Å²) < 4.78 is 35.1. The molecule has 0 aromatic heterocycles. The Labute approximate surface area is 85.4 Å². The van der Waals surface area contributed by atoms with E-state index in [1.807, 2.05) is 0 Å². The molecule has 0 rings (SSSR count). The zero-order valence-electron chi connectivity index (χ0n) is 7.93. The maximum atomic E-state index is 11.7. The highest BCUT2D eigenvalue weighted by Crippen LogP contribution is 2.23. The molecule has 6 heteroatoms. The molecule has 0 spiro atoms. The maximum absolute atomic E-state index is 11.7. The van der Waals surface area contributed by atoms with Gasteiger partial charge in [-0.2, -0.15) is 24.9 Å². The number of alkyl halides is 3. The van der Waals surface area contributed by atoms with Crippen molar-refractivity contribution in [3.05, 3.63) is 0 Å². The van der Waals surface area contributed by atoms with Crippen LogP contribution < -0.4 is 5.73 Å². The Kier molecular flexibility index (Phi) is 5.99. The van der Waals surface area contributed by atoms with Crippen molar-refractivity contribution in [2.75, 3.05) is 11.5 Å². The third-order valence-corrected chi connectivity index (χ3v) is 2.87. The number of rotatable bonds is 6. The van der Waals surface area contributed by atoms with Gasteiger partial charge in [-0.15, -0.1) is 0 Å². The number of primary amides is 1. The Hall–Kier alpha value is -0.390. The summed E-state index contributed by atoms with van der Waals surface area (Å²) in [5.41, 5.74) is 5.04. The Bertz CT molecular complexity index is 184. The summed E-state index contributed by atoms with van der Waals surface area (Å²) in [5, 5.41) is 0. The number of carbonyl (C=O) groups excluding carboxylic acids is 1. The first-order valence-electron chi connectivity index (χ1n) is 4.30. The highest BCUT2D eigenvalue weighted by atomic mass is 32.2. The Morgan fingerprint density at radius 1 is 1.50 bits per heavy atom. The first-order valence-corrected chi connectivity index (χ1v) is 5.46. The fraction of sp³-hybridized carbons (Fsp3) is 0.875. The first kappa shape index (κ1) is 13.6. The van der Waals surface area contributed by atoms with Crippen LogP contribution in [-0.2, 0) is 4.79 Å². The Morgan fingerprint density at radius 3 is 2.43 bits per heavy atom. The molecule has 0 aliphatic rings. The molecule has 2 N–H and O–H groups in total. The number of hydrogen-bond acceptors (Lipinski definition) is 2. The van der Waals surface area contributed by atoms with Crippen LogP contribution in [-0.4, -0.2) is 23.6 Å². The van der Waals surface area contributed by atoms with Gasteiger partial charge in [-0.25, -0.2) is 0 Å². The lowest BCUT2D eigenvalue weighted by Gasteiger charge is -2.10. The van der Waals surface area contributed by atoms with Crippen LogP contribution in [0.4, 0.5) is 13.2 Å². The second-order valence-electron chi connectivity index (χ2n) is 2.95. The van der Waals surface area contributed by atoms with Crippen LogP contribution >= 0.6 is 11.8 Å². The van der Waals surface area contributed by atoms with Crippen LogP contribution in [0.5, 0.6) is 0 Å². The van der Waals surface area contributed by atoms with Gasteiger partial charge in [-0.3, -0.25) is 4.79 Å². The van der Waals surface area contributed by atoms with Gasteiger partial charge in [0.2, 0.25) is 5.91 Å². The predicted octanol–water partition coefficient (Wildman–Crippen LogP) is 2.18. The minimum Gasteiger partial charge on any atom is -0.369 e. The lowest BCUT2D eigenvalue weighted by atomic mass is 10.1. The second-order valence-corrected chi connectivity index (χ2v) is 4.10. The highest BCUT2D eigenvalue weighted by Gasteiger charge is 2.26. The zero-order chi connectivity index (χ0) is 11.2. The molecule has 1 atom stereocenters. The topological polar surface area (TPSA) is 43.1 Å². The van der Waals surface area contributed by atoms with Crippen LogP contribution in [0.15, 0.2) is 0 Å². The van der Waals surface area contributed by atoms with E-state index >= 15 is 0 Å². The van der Waals surface area contributed by atoms with E-state index in [1.165, 1.54) is 0 Å². The third kappa shape index (κ3) is 7.06. The van der Waals surface area contributed by atoms with Crippen molar-refractivity contribution in [2.24, 2.45) is 11.7 Å². The van der Waals surface area contributed by atoms with Gasteiger partial charge in [0, 0.05) is 17.4 Å². The van der Waals surface area contributed by atoms with Crippen LogP contribution in [0.1, 0.15) is 19.8 Å². The second kappa shape index (κ2) is 6.16. The molecule has 1 unspecified atom stereocenters. The average Bonchev–Trinajstić information content (AvgIpc) is 2.01. The molecular weight excluding hydrogens is 215 g/mol. The van der Waals surface area contributed by atoms with E-state index in [-0.39, 0.29) is 11.7 Å². The molecule has 84 valence electrons. The van der Waals surface area contributed by atoms with Gasteiger partial charge in [0.1, 0.15) is 0 Å². The molecule has 0 heterocycles. The third-order valence-electron chi connectivity index (χ3n) is 1.74. The zero-order valence-corrected chi connectivity index (χ0v) is 8.75. The van der Waals surface area contributed by atoms with Crippen molar-refractivity contribution in [1.82, 2.24) is 0 Å². The number of hydrogen-bond donors (Lipinski definition) is 1. The van der Waals surface area contributed by atoms with Crippen LogP contribution in [0, 0.1) is 5.92 Å². The van der Waals surface area contributed by atoms with Gasteiger partial charge < -0.3 is 5.73 Å². The van der Waals surface area contributed by atoms with Crippen LogP contribution in [0.3, 0.4) is 0 Å². The van der Waals surface area contributed by atoms with Gasteiger partial charge in [0.15, 0.2) is 0 Å². The average molecular weight is 229 g/mol. The SMILES string of the molecule is CCC(CSCCC(F)(F)F)C(N)=O. The van der Waals surface area contributed by atoms with Gasteiger partial charge in [-0.1, -0.05) is 6.92 Å². The molecule has 0 bridgehead atoms. The van der Waals surface area contributed by atoms with Crippen molar-refractivity contribution >= 4 is 17.7 Å². The highest BCUT2D eigenvalue weighted by molar-refractivity contribution is 7.99. The van der Waals surface area contributed by atoms with E-state index in [2.05, 4.69) is 0 Å². The number of halogens is 3. The minimum atomic E-state index is -4.11. The van der Waals surface area contributed by atoms with Gasteiger partial charge in [0.25, 0.3) is 0 Å². The first-order chi connectivity index (χ1) is 6.37. The minimum absolute atomic E-state index is 0.00667. The van der Waals surface area contributed by atoms with Gasteiger partial charge in [0.05, 0.1) is 6.42 Å².